The zero-order valence-electron chi connectivity index (χ0n) is 13.0. The first-order chi connectivity index (χ1) is 12.1. The molecule has 6 nitrogen and oxygen atoms in total. The molecule has 0 saturated carbocycles. The van der Waals surface area contributed by atoms with E-state index in [0.29, 0.717) is 16.3 Å². The molecule has 2 aromatic carbocycles. The van der Waals surface area contributed by atoms with E-state index in [1.165, 1.54) is 19.4 Å². The number of fused-ring (bicyclic) bond motifs is 1. The molecule has 1 saturated heterocycles. The number of hydrogen-bond acceptors (Lipinski definition) is 6. The minimum absolute atomic E-state index is 0.174. The van der Waals surface area contributed by atoms with Gasteiger partial charge >= 0.3 is 5.97 Å². The Bertz CT molecular complexity index is 953. The van der Waals surface area contributed by atoms with Gasteiger partial charge in [-0.1, -0.05) is 30.3 Å². The van der Waals surface area contributed by atoms with Crippen LogP contribution in [0.25, 0.3) is 10.8 Å². The Hall–Kier alpha value is -3.00. The Kier molecular flexibility index (Phi) is 4.90. The number of hydrogen-bond donors (Lipinski definition) is 1. The van der Waals surface area contributed by atoms with Crippen LogP contribution in [0.3, 0.4) is 0 Å². The van der Waals surface area contributed by atoms with E-state index < -0.39 is 11.9 Å². The van der Waals surface area contributed by atoms with E-state index >= 15 is 0 Å². The molecule has 1 N–H and O–H groups in total. The fourth-order valence-electron chi connectivity index (χ4n) is 2.19. The Morgan fingerprint density at radius 3 is 2.80 bits per heavy atom. The lowest BCUT2D eigenvalue weighted by molar-refractivity contribution is -0.135. The first kappa shape index (κ1) is 16.8. The van der Waals surface area contributed by atoms with Crippen molar-refractivity contribution in [3.63, 3.8) is 0 Å². The molecule has 0 bridgehead atoms. The first-order valence-electron chi connectivity index (χ1n) is 7.15. The van der Waals surface area contributed by atoms with Crippen LogP contribution < -0.4 is 5.32 Å². The van der Waals surface area contributed by atoms with Gasteiger partial charge in [-0.3, -0.25) is 10.1 Å². The first-order valence-corrected chi connectivity index (χ1v) is 7.97. The molecule has 0 radical (unpaired) electrons. The number of ether oxygens (including phenoxy) is 1. The molecule has 8 heteroatoms. The summed E-state index contributed by atoms with van der Waals surface area (Å²) in [5.41, 5.74) is 0.695. The standard InChI is InChI=1S/C17H12FN3O3S/c1-24-15(22)8-14-16(23)20-17(25-14)21-19-9-10-4-2-6-12-11(10)5-3-7-13(12)18/h2-9H,1H3,(H,20,21,23)/b14-8+,19-9?. The van der Waals surface area contributed by atoms with Crippen molar-refractivity contribution in [2.75, 3.05) is 7.11 Å². The molecule has 1 aliphatic heterocycles. The number of esters is 1. The van der Waals surface area contributed by atoms with E-state index in [9.17, 15) is 14.0 Å². The molecular formula is C17H12FN3O3S. The van der Waals surface area contributed by atoms with Gasteiger partial charge in [0.2, 0.25) is 0 Å². The van der Waals surface area contributed by atoms with Crippen LogP contribution in [0.2, 0.25) is 0 Å². The van der Waals surface area contributed by atoms with Crippen molar-refractivity contribution in [2.45, 2.75) is 0 Å². The Morgan fingerprint density at radius 2 is 2.00 bits per heavy atom. The highest BCUT2D eigenvalue weighted by atomic mass is 32.2. The minimum atomic E-state index is -0.625. The second-order valence-corrected chi connectivity index (χ2v) is 5.95. The molecule has 126 valence electrons. The largest absolute Gasteiger partial charge is 0.466 e. The van der Waals surface area contributed by atoms with Crippen molar-refractivity contribution in [3.8, 4) is 0 Å². The molecule has 2 aromatic rings. The van der Waals surface area contributed by atoms with Crippen molar-refractivity contribution in [3.05, 3.63) is 58.8 Å². The topological polar surface area (TPSA) is 80.1 Å². The van der Waals surface area contributed by atoms with Gasteiger partial charge in [-0.15, -0.1) is 5.10 Å². The molecule has 0 spiro atoms. The fourth-order valence-corrected chi connectivity index (χ4v) is 2.93. The average Bonchev–Trinajstić information content (AvgIpc) is 2.95. The van der Waals surface area contributed by atoms with Crippen LogP contribution in [0.15, 0.2) is 57.6 Å². The lowest BCUT2D eigenvalue weighted by Crippen LogP contribution is -2.19. The van der Waals surface area contributed by atoms with Gasteiger partial charge in [0.1, 0.15) is 5.82 Å². The monoisotopic (exact) mass is 357 g/mol. The van der Waals surface area contributed by atoms with Crippen LogP contribution in [0.4, 0.5) is 4.39 Å². The summed E-state index contributed by atoms with van der Waals surface area (Å²) in [6, 6.07) is 10.00. The fraction of sp³-hybridized carbons (Fsp3) is 0.0588. The molecule has 25 heavy (non-hydrogen) atoms. The highest BCUT2D eigenvalue weighted by molar-refractivity contribution is 8.18. The van der Waals surface area contributed by atoms with Gasteiger partial charge in [-0.25, -0.2) is 9.18 Å². The Labute approximate surface area is 146 Å². The van der Waals surface area contributed by atoms with Crippen LogP contribution in [0, 0.1) is 5.82 Å². The second-order valence-electron chi connectivity index (χ2n) is 4.92. The molecule has 0 aliphatic carbocycles. The van der Waals surface area contributed by atoms with Crippen LogP contribution in [-0.4, -0.2) is 30.4 Å². The third-order valence-electron chi connectivity index (χ3n) is 3.35. The number of benzene rings is 2. The predicted octanol–water partition coefficient (Wildman–Crippen LogP) is 2.59. The molecule has 1 fully saturated rings. The molecule has 1 heterocycles. The van der Waals surface area contributed by atoms with E-state index in [0.717, 1.165) is 17.8 Å². The number of nitrogens with zero attached hydrogens (tertiary/aromatic N) is 2. The van der Waals surface area contributed by atoms with Crippen molar-refractivity contribution in [1.82, 2.24) is 5.32 Å². The summed E-state index contributed by atoms with van der Waals surface area (Å²) in [5.74, 6) is -1.38. The number of rotatable bonds is 3. The number of thioether (sulfide) groups is 1. The summed E-state index contributed by atoms with van der Waals surface area (Å²) in [4.78, 5) is 23.1. The van der Waals surface area contributed by atoms with Crippen molar-refractivity contribution in [1.29, 1.82) is 0 Å². The van der Waals surface area contributed by atoms with E-state index in [1.807, 2.05) is 0 Å². The predicted molar refractivity (Wildman–Crippen MR) is 94.8 cm³/mol. The number of amides is 1. The molecule has 1 amide bonds. The summed E-state index contributed by atoms with van der Waals surface area (Å²) in [7, 11) is 1.23. The zero-order chi connectivity index (χ0) is 17.8. The highest BCUT2D eigenvalue weighted by Crippen LogP contribution is 2.24. The van der Waals surface area contributed by atoms with E-state index in [2.05, 4.69) is 20.3 Å². The summed E-state index contributed by atoms with van der Waals surface area (Å²) < 4.78 is 18.3. The van der Waals surface area contributed by atoms with Gasteiger partial charge in [0.15, 0.2) is 5.17 Å². The lowest BCUT2D eigenvalue weighted by Gasteiger charge is -2.01. The molecular weight excluding hydrogens is 345 g/mol. The average molecular weight is 357 g/mol. The summed E-state index contributed by atoms with van der Waals surface area (Å²) >= 11 is 0.980. The second kappa shape index (κ2) is 7.27. The van der Waals surface area contributed by atoms with Gasteiger partial charge in [0.05, 0.1) is 18.2 Å². The van der Waals surface area contributed by atoms with Gasteiger partial charge in [-0.2, -0.15) is 5.10 Å². The van der Waals surface area contributed by atoms with Crippen molar-refractivity contribution in [2.24, 2.45) is 10.2 Å². The zero-order valence-corrected chi connectivity index (χ0v) is 13.8. The van der Waals surface area contributed by atoms with E-state index in [4.69, 9.17) is 0 Å². The highest BCUT2D eigenvalue weighted by Gasteiger charge is 2.24. The van der Waals surface area contributed by atoms with Gasteiger partial charge in [0.25, 0.3) is 5.91 Å². The van der Waals surface area contributed by atoms with Gasteiger partial charge in [0, 0.05) is 17.0 Å². The summed E-state index contributed by atoms with van der Waals surface area (Å²) in [6.07, 6.45) is 2.56. The molecule has 3 rings (SSSR count). The SMILES string of the molecule is COC(=O)/C=C1/S/C(=N\N=Cc2cccc3c(F)cccc23)NC1=O. The molecule has 0 atom stereocenters. The maximum Gasteiger partial charge on any atom is 0.331 e. The third kappa shape index (κ3) is 3.74. The summed E-state index contributed by atoms with van der Waals surface area (Å²) in [5, 5.41) is 11.8. The van der Waals surface area contributed by atoms with Crippen LogP contribution in [0.5, 0.6) is 0 Å². The lowest BCUT2D eigenvalue weighted by atomic mass is 10.1. The quantitative estimate of drug-likeness (QED) is 0.396. The van der Waals surface area contributed by atoms with Crippen molar-refractivity contribution < 1.29 is 18.7 Å². The number of nitrogens with one attached hydrogen (secondary N) is 1. The van der Waals surface area contributed by atoms with Gasteiger partial charge in [-0.05, 0) is 23.2 Å². The van der Waals surface area contributed by atoms with Crippen LogP contribution in [-0.2, 0) is 14.3 Å². The van der Waals surface area contributed by atoms with Crippen molar-refractivity contribution >= 4 is 45.8 Å². The van der Waals surface area contributed by atoms with Crippen LogP contribution in [0.1, 0.15) is 5.56 Å². The number of carbonyl (C=O) groups excluding carboxylic acids is 2. The number of halogens is 1. The number of carbonyl (C=O) groups is 2. The van der Waals surface area contributed by atoms with Gasteiger partial charge < -0.3 is 4.74 Å². The smallest absolute Gasteiger partial charge is 0.331 e. The maximum atomic E-state index is 13.8. The Morgan fingerprint density at radius 1 is 1.24 bits per heavy atom. The Balaban J connectivity index is 1.81. The molecule has 0 aromatic heterocycles. The van der Waals surface area contributed by atoms with E-state index in [1.54, 1.807) is 30.3 Å². The number of amidine groups is 1. The summed E-state index contributed by atoms with van der Waals surface area (Å²) in [6.45, 7) is 0. The van der Waals surface area contributed by atoms with E-state index in [-0.39, 0.29) is 15.9 Å². The number of methoxy groups -OCH3 is 1. The minimum Gasteiger partial charge on any atom is -0.466 e. The molecule has 1 aliphatic rings. The maximum absolute atomic E-state index is 13.8. The normalized spacial score (nSPS) is 17.6. The van der Waals surface area contributed by atoms with Crippen LogP contribution >= 0.6 is 11.8 Å². The molecule has 0 unspecified atom stereocenters. The third-order valence-corrected chi connectivity index (χ3v) is 4.25.